The minimum atomic E-state index is 0.0867. The smallest absolute Gasteiger partial charge is 0.124 e. The van der Waals surface area contributed by atoms with Crippen LogP contribution < -0.4 is 10.6 Å². The number of benzene rings is 1. The highest BCUT2D eigenvalue weighted by atomic mass is 16.3. The van der Waals surface area contributed by atoms with E-state index in [9.17, 15) is 5.11 Å². The van der Waals surface area contributed by atoms with Crippen molar-refractivity contribution >= 4 is 11.5 Å². The highest BCUT2D eigenvalue weighted by molar-refractivity contribution is 6.00. The molecule has 4 nitrogen and oxygen atoms in total. The number of hydrogen-bond donors (Lipinski definition) is 3. The maximum atomic E-state index is 9.37. The van der Waals surface area contributed by atoms with Crippen molar-refractivity contribution in [3.63, 3.8) is 0 Å². The van der Waals surface area contributed by atoms with Gasteiger partial charge in [-0.15, -0.1) is 0 Å². The van der Waals surface area contributed by atoms with Crippen molar-refractivity contribution < 1.29 is 5.11 Å². The van der Waals surface area contributed by atoms with Gasteiger partial charge in [-0.25, -0.2) is 0 Å². The molecule has 0 aliphatic carbocycles. The van der Waals surface area contributed by atoms with E-state index in [-0.39, 0.29) is 18.5 Å². The normalized spacial score (nSPS) is 19.6. The number of anilines is 1. The average Bonchev–Trinajstić information content (AvgIpc) is 2.76. The number of aliphatic hydroxyl groups is 1. The lowest BCUT2D eigenvalue weighted by Gasteiger charge is -2.27. The lowest BCUT2D eigenvalue weighted by Crippen LogP contribution is -2.33. The number of nitrogens with two attached hydrogens (primary N) is 1. The number of nitrogens with zero attached hydrogens (tertiary/aromatic N) is 1. The molecule has 0 amide bonds. The van der Waals surface area contributed by atoms with Gasteiger partial charge in [-0.1, -0.05) is 6.07 Å². The van der Waals surface area contributed by atoms with Gasteiger partial charge in [-0.05, 0) is 37.5 Å². The summed E-state index contributed by atoms with van der Waals surface area (Å²) in [6.45, 7) is 3.11. The minimum absolute atomic E-state index is 0.0867. The maximum absolute atomic E-state index is 9.37. The van der Waals surface area contributed by atoms with Crippen molar-refractivity contribution in [2.75, 3.05) is 18.1 Å². The average molecular weight is 233 g/mol. The zero-order valence-corrected chi connectivity index (χ0v) is 10.1. The van der Waals surface area contributed by atoms with Gasteiger partial charge in [0.2, 0.25) is 0 Å². The first-order chi connectivity index (χ1) is 8.13. The van der Waals surface area contributed by atoms with E-state index >= 15 is 0 Å². The Hall–Kier alpha value is -1.55. The molecular weight excluding hydrogens is 214 g/mol. The Kier molecular flexibility index (Phi) is 3.33. The molecule has 0 spiro atoms. The largest absolute Gasteiger partial charge is 0.394 e. The molecule has 4 heteroatoms. The van der Waals surface area contributed by atoms with Gasteiger partial charge in [0.25, 0.3) is 0 Å². The molecule has 92 valence electrons. The van der Waals surface area contributed by atoms with Crippen molar-refractivity contribution in [3.05, 3.63) is 29.3 Å². The van der Waals surface area contributed by atoms with Gasteiger partial charge in [0.15, 0.2) is 0 Å². The molecule has 1 aliphatic heterocycles. The van der Waals surface area contributed by atoms with Crippen LogP contribution in [0.25, 0.3) is 0 Å². The predicted octanol–water partition coefficient (Wildman–Crippen LogP) is 1.24. The lowest BCUT2D eigenvalue weighted by molar-refractivity contribution is 0.266. The molecule has 1 unspecified atom stereocenters. The number of nitrogen functional groups attached to an aromatic ring is 1. The van der Waals surface area contributed by atoms with Gasteiger partial charge in [0.1, 0.15) is 5.84 Å². The summed E-state index contributed by atoms with van der Waals surface area (Å²) in [5.41, 5.74) is 8.50. The molecule has 1 fully saturated rings. The van der Waals surface area contributed by atoms with Gasteiger partial charge in [-0.3, -0.25) is 5.41 Å². The molecule has 2 rings (SSSR count). The molecule has 1 atom stereocenters. The molecule has 0 bridgehead atoms. The number of aryl methyl sites for hydroxylation is 1. The van der Waals surface area contributed by atoms with Crippen molar-refractivity contribution in [1.82, 2.24) is 0 Å². The molecule has 0 saturated carbocycles. The van der Waals surface area contributed by atoms with Crippen LogP contribution in [0.1, 0.15) is 24.0 Å². The van der Waals surface area contributed by atoms with Crippen LogP contribution >= 0.6 is 0 Å². The summed E-state index contributed by atoms with van der Waals surface area (Å²) < 4.78 is 0. The maximum Gasteiger partial charge on any atom is 0.124 e. The number of aliphatic hydroxyl groups excluding tert-OH is 1. The topological polar surface area (TPSA) is 73.3 Å². The predicted molar refractivity (Wildman–Crippen MR) is 69.6 cm³/mol. The Labute approximate surface area is 102 Å². The summed E-state index contributed by atoms with van der Waals surface area (Å²) in [5, 5.41) is 17.0. The van der Waals surface area contributed by atoms with Crippen molar-refractivity contribution in [3.8, 4) is 0 Å². The number of nitrogens with one attached hydrogen (secondary N) is 1. The second-order valence-electron chi connectivity index (χ2n) is 4.61. The highest BCUT2D eigenvalue weighted by Gasteiger charge is 2.26. The number of hydrogen-bond acceptors (Lipinski definition) is 3. The SMILES string of the molecule is Cc1ccc(C(=N)N)c(N2CCCC2CO)c1. The van der Waals surface area contributed by atoms with E-state index in [1.54, 1.807) is 0 Å². The van der Waals surface area contributed by atoms with Gasteiger partial charge in [-0.2, -0.15) is 0 Å². The number of rotatable bonds is 3. The molecule has 0 radical (unpaired) electrons. The Bertz CT molecular complexity index is 431. The first-order valence-corrected chi connectivity index (χ1v) is 5.96. The third kappa shape index (κ3) is 2.26. The fourth-order valence-corrected chi connectivity index (χ4v) is 2.45. The van der Waals surface area contributed by atoms with Crippen molar-refractivity contribution in [2.24, 2.45) is 5.73 Å². The molecular formula is C13H19N3O. The molecule has 1 aliphatic rings. The van der Waals surface area contributed by atoms with E-state index in [1.165, 1.54) is 0 Å². The Morgan fingerprint density at radius 1 is 1.59 bits per heavy atom. The van der Waals surface area contributed by atoms with E-state index in [0.717, 1.165) is 36.2 Å². The van der Waals surface area contributed by atoms with Crippen LogP contribution in [0, 0.1) is 12.3 Å². The van der Waals surface area contributed by atoms with Gasteiger partial charge < -0.3 is 15.7 Å². The van der Waals surface area contributed by atoms with Crippen LogP contribution in [0.4, 0.5) is 5.69 Å². The van der Waals surface area contributed by atoms with E-state index in [2.05, 4.69) is 4.90 Å². The van der Waals surface area contributed by atoms with Gasteiger partial charge >= 0.3 is 0 Å². The standard InChI is InChI=1S/C13H19N3O/c1-9-4-5-11(13(14)15)12(7-9)16-6-2-3-10(16)8-17/h4-5,7,10,17H,2-3,6,8H2,1H3,(H3,14,15). The number of amidine groups is 1. The fourth-order valence-electron chi connectivity index (χ4n) is 2.45. The van der Waals surface area contributed by atoms with E-state index in [0.29, 0.717) is 0 Å². The first kappa shape index (κ1) is 11.9. The summed E-state index contributed by atoms with van der Waals surface area (Å²) in [4.78, 5) is 2.17. The molecule has 1 aromatic rings. The van der Waals surface area contributed by atoms with Crippen LogP contribution in [0.2, 0.25) is 0 Å². The van der Waals surface area contributed by atoms with Crippen molar-refractivity contribution in [2.45, 2.75) is 25.8 Å². The Morgan fingerprint density at radius 2 is 2.35 bits per heavy atom. The molecule has 0 aromatic heterocycles. The summed E-state index contributed by atoms with van der Waals surface area (Å²) in [5.74, 6) is 0.0867. The fraction of sp³-hybridized carbons (Fsp3) is 0.462. The Morgan fingerprint density at radius 3 is 3.00 bits per heavy atom. The van der Waals surface area contributed by atoms with Crippen LogP contribution in [0.5, 0.6) is 0 Å². The minimum Gasteiger partial charge on any atom is -0.394 e. The summed E-state index contributed by atoms with van der Waals surface area (Å²) in [6, 6.07) is 6.06. The third-order valence-electron chi connectivity index (χ3n) is 3.34. The third-order valence-corrected chi connectivity index (χ3v) is 3.34. The quantitative estimate of drug-likeness (QED) is 0.543. The van der Waals surface area contributed by atoms with E-state index in [4.69, 9.17) is 11.1 Å². The molecule has 1 aromatic carbocycles. The van der Waals surface area contributed by atoms with Crippen molar-refractivity contribution in [1.29, 1.82) is 5.41 Å². The van der Waals surface area contributed by atoms with E-state index in [1.807, 2.05) is 25.1 Å². The summed E-state index contributed by atoms with van der Waals surface area (Å²) in [7, 11) is 0. The van der Waals surface area contributed by atoms with Gasteiger partial charge in [0.05, 0.1) is 12.6 Å². The summed E-state index contributed by atoms with van der Waals surface area (Å²) in [6.07, 6.45) is 2.08. The zero-order valence-electron chi connectivity index (χ0n) is 10.1. The zero-order chi connectivity index (χ0) is 12.4. The van der Waals surface area contributed by atoms with E-state index < -0.39 is 0 Å². The first-order valence-electron chi connectivity index (χ1n) is 5.96. The second-order valence-corrected chi connectivity index (χ2v) is 4.61. The Balaban J connectivity index is 2.42. The monoisotopic (exact) mass is 233 g/mol. The summed E-state index contributed by atoms with van der Waals surface area (Å²) >= 11 is 0. The van der Waals surface area contributed by atoms with Crippen LogP contribution in [0.15, 0.2) is 18.2 Å². The molecule has 4 N–H and O–H groups in total. The second kappa shape index (κ2) is 4.75. The molecule has 1 heterocycles. The van der Waals surface area contributed by atoms with Crippen LogP contribution in [-0.4, -0.2) is 30.1 Å². The molecule has 17 heavy (non-hydrogen) atoms. The lowest BCUT2D eigenvalue weighted by atomic mass is 10.1. The van der Waals surface area contributed by atoms with Crippen LogP contribution in [0.3, 0.4) is 0 Å². The van der Waals surface area contributed by atoms with Gasteiger partial charge in [0, 0.05) is 17.8 Å². The van der Waals surface area contributed by atoms with Crippen LogP contribution in [-0.2, 0) is 0 Å². The molecule has 1 saturated heterocycles. The highest BCUT2D eigenvalue weighted by Crippen LogP contribution is 2.29.